The van der Waals surface area contributed by atoms with Crippen LogP contribution in [0.3, 0.4) is 0 Å². The molecule has 0 atom stereocenters. The summed E-state index contributed by atoms with van der Waals surface area (Å²) in [6.45, 7) is 5.28. The third-order valence-corrected chi connectivity index (χ3v) is 5.87. The molecule has 0 spiro atoms. The zero-order valence-corrected chi connectivity index (χ0v) is 19.9. The van der Waals surface area contributed by atoms with E-state index in [1.165, 1.54) is 0 Å². The molecule has 0 aliphatic rings. The molecule has 4 rings (SSSR count). The molecule has 0 saturated carbocycles. The Morgan fingerprint density at radius 3 is 2.68 bits per heavy atom. The molecule has 7 nitrogen and oxygen atoms in total. The van der Waals surface area contributed by atoms with Crippen LogP contribution >= 0.6 is 0 Å². The van der Waals surface area contributed by atoms with Gasteiger partial charge in [-0.25, -0.2) is 4.98 Å². The van der Waals surface area contributed by atoms with Gasteiger partial charge in [-0.2, -0.15) is 0 Å². The molecule has 34 heavy (non-hydrogen) atoms. The summed E-state index contributed by atoms with van der Waals surface area (Å²) in [7, 11) is 3.28. The lowest BCUT2D eigenvalue weighted by molar-refractivity contribution is -0.116. The molecule has 2 heterocycles. The largest absolute Gasteiger partial charge is 0.497 e. The summed E-state index contributed by atoms with van der Waals surface area (Å²) in [6, 6.07) is 9.88. The summed E-state index contributed by atoms with van der Waals surface area (Å²) < 4.78 is 18.9. The Morgan fingerprint density at radius 2 is 2.00 bits per heavy atom. The molecular formula is C27H29N3O4. The van der Waals surface area contributed by atoms with Gasteiger partial charge in [-0.3, -0.25) is 4.79 Å². The summed E-state index contributed by atoms with van der Waals surface area (Å²) in [4.78, 5) is 16.6. The van der Waals surface area contributed by atoms with Crippen molar-refractivity contribution in [2.45, 2.75) is 26.8 Å². The van der Waals surface area contributed by atoms with Crippen molar-refractivity contribution in [2.75, 3.05) is 20.8 Å². The number of hydrogen-bond acceptors (Lipinski definition) is 5. The average Bonchev–Trinajstić information content (AvgIpc) is 3.52. The van der Waals surface area contributed by atoms with Gasteiger partial charge >= 0.3 is 0 Å². The number of benzene rings is 2. The molecule has 7 heteroatoms. The lowest BCUT2D eigenvalue weighted by Gasteiger charge is -2.13. The van der Waals surface area contributed by atoms with E-state index in [1.54, 1.807) is 39.1 Å². The first kappa shape index (κ1) is 23.2. The first-order chi connectivity index (χ1) is 16.5. The average molecular weight is 460 g/mol. The molecular weight excluding hydrogens is 430 g/mol. The minimum Gasteiger partial charge on any atom is -0.497 e. The van der Waals surface area contributed by atoms with Crippen molar-refractivity contribution in [1.29, 1.82) is 0 Å². The Kier molecular flexibility index (Phi) is 7.01. The number of fused-ring (bicyclic) bond motifs is 1. The second kappa shape index (κ2) is 10.3. The molecule has 0 fully saturated rings. The zero-order valence-electron chi connectivity index (χ0n) is 19.9. The van der Waals surface area contributed by atoms with Crippen LogP contribution in [0, 0.1) is 6.92 Å². The maximum Gasteiger partial charge on any atom is 0.244 e. The molecule has 0 bridgehead atoms. The number of carbonyl (C=O) groups is 1. The molecule has 1 N–H and O–H groups in total. The zero-order chi connectivity index (χ0) is 24.1. The van der Waals surface area contributed by atoms with Gasteiger partial charge in [-0.1, -0.05) is 12.1 Å². The van der Waals surface area contributed by atoms with E-state index in [-0.39, 0.29) is 5.91 Å². The van der Waals surface area contributed by atoms with E-state index in [0.29, 0.717) is 12.3 Å². The van der Waals surface area contributed by atoms with Crippen LogP contribution in [0.4, 0.5) is 0 Å². The summed E-state index contributed by atoms with van der Waals surface area (Å²) >= 11 is 0. The monoisotopic (exact) mass is 459 g/mol. The molecule has 176 valence electrons. The van der Waals surface area contributed by atoms with Crippen LogP contribution in [0.15, 0.2) is 65.8 Å². The van der Waals surface area contributed by atoms with Crippen LogP contribution in [0.2, 0.25) is 0 Å². The number of imidazole rings is 1. The molecule has 4 aromatic rings. The third kappa shape index (κ3) is 4.83. The number of nitrogens with one attached hydrogen (secondary N) is 1. The highest BCUT2D eigenvalue weighted by Gasteiger charge is 2.19. The maximum absolute atomic E-state index is 12.6. The lowest BCUT2D eigenvalue weighted by Crippen LogP contribution is -2.23. The number of carbonyl (C=O) groups excluding carboxylic acids is 1. The molecule has 1 amide bonds. The number of amides is 1. The quantitative estimate of drug-likeness (QED) is 0.274. The van der Waals surface area contributed by atoms with E-state index in [4.69, 9.17) is 13.9 Å². The fourth-order valence-electron chi connectivity index (χ4n) is 4.08. The van der Waals surface area contributed by atoms with Crippen molar-refractivity contribution in [2.24, 2.45) is 0 Å². The number of nitrogens with zero attached hydrogens (tertiary/aromatic N) is 2. The molecule has 2 aromatic carbocycles. The number of furan rings is 1. The predicted octanol–water partition coefficient (Wildman–Crippen LogP) is 5.23. The fraction of sp³-hybridized carbons (Fsp3) is 0.259. The third-order valence-electron chi connectivity index (χ3n) is 5.87. The second-order valence-electron chi connectivity index (χ2n) is 8.11. The van der Waals surface area contributed by atoms with Gasteiger partial charge in [0.25, 0.3) is 0 Å². The number of ether oxygens (including phenoxy) is 2. The molecule has 0 aliphatic heterocycles. The van der Waals surface area contributed by atoms with Crippen molar-refractivity contribution < 1.29 is 18.7 Å². The summed E-state index contributed by atoms with van der Waals surface area (Å²) in [5.41, 5.74) is 5.33. The number of aromatic nitrogens is 2. The Labute approximate surface area is 199 Å². The van der Waals surface area contributed by atoms with E-state index >= 15 is 0 Å². The van der Waals surface area contributed by atoms with Crippen LogP contribution in [0.25, 0.3) is 27.7 Å². The molecule has 2 aromatic heterocycles. The summed E-state index contributed by atoms with van der Waals surface area (Å²) in [5, 5.41) is 3.92. The lowest BCUT2D eigenvalue weighted by atomic mass is 9.96. The number of methoxy groups -OCH3 is 2. The Balaban J connectivity index is 1.59. The minimum atomic E-state index is -0.134. The number of allylic oxidation sites excluding steroid dienone is 1. The Morgan fingerprint density at radius 1 is 1.21 bits per heavy atom. The predicted molar refractivity (Wildman–Crippen MR) is 133 cm³/mol. The van der Waals surface area contributed by atoms with E-state index in [1.807, 2.05) is 54.9 Å². The standard InChI is InChI=1S/C27H29N3O4/c1-18(14-25(31)29-10-5-12-30-13-11-28-17-30)22-15-23-24(20-6-8-21(32-3)9-7-20)16-34-27(23)19(2)26(22)33-4/h6-9,11,13-17H,5,10,12H2,1-4H3,(H,29,31)/b18-14+. The minimum absolute atomic E-state index is 0.134. The van der Waals surface area contributed by atoms with Crippen molar-refractivity contribution >= 4 is 22.4 Å². The Hall–Kier alpha value is -4.00. The van der Waals surface area contributed by atoms with Gasteiger partial charge in [0.05, 0.1) is 26.8 Å². The van der Waals surface area contributed by atoms with E-state index < -0.39 is 0 Å². The van der Waals surface area contributed by atoms with Crippen molar-refractivity contribution in [3.8, 4) is 22.6 Å². The normalized spacial score (nSPS) is 11.6. The Bertz CT molecular complexity index is 1300. The molecule has 0 unspecified atom stereocenters. The summed E-state index contributed by atoms with van der Waals surface area (Å²) in [5.74, 6) is 1.36. The van der Waals surface area contributed by atoms with Crippen LogP contribution in [0.5, 0.6) is 11.5 Å². The number of rotatable bonds is 9. The SMILES string of the molecule is COc1ccc(-c2coc3c(C)c(OC)c(/C(C)=C/C(=O)NCCCn4ccnc4)cc23)cc1. The maximum atomic E-state index is 12.6. The van der Waals surface area contributed by atoms with Gasteiger partial charge in [-0.05, 0) is 49.6 Å². The number of hydrogen-bond donors (Lipinski definition) is 1. The fourth-order valence-corrected chi connectivity index (χ4v) is 4.08. The van der Waals surface area contributed by atoms with Crippen molar-refractivity contribution in [3.63, 3.8) is 0 Å². The van der Waals surface area contributed by atoms with Crippen LogP contribution in [0.1, 0.15) is 24.5 Å². The smallest absolute Gasteiger partial charge is 0.244 e. The van der Waals surface area contributed by atoms with E-state index in [2.05, 4.69) is 10.3 Å². The van der Waals surface area contributed by atoms with E-state index in [9.17, 15) is 4.79 Å². The highest BCUT2D eigenvalue weighted by Crippen LogP contribution is 2.40. The molecule has 0 aliphatic carbocycles. The topological polar surface area (TPSA) is 78.5 Å². The summed E-state index contributed by atoms with van der Waals surface area (Å²) in [6.07, 6.45) is 9.63. The van der Waals surface area contributed by atoms with Gasteiger partial charge in [-0.15, -0.1) is 0 Å². The van der Waals surface area contributed by atoms with Crippen molar-refractivity contribution in [1.82, 2.24) is 14.9 Å². The highest BCUT2D eigenvalue weighted by atomic mass is 16.5. The number of aryl methyl sites for hydroxylation is 2. The van der Waals surface area contributed by atoms with Gasteiger partial charge in [0, 0.05) is 53.6 Å². The van der Waals surface area contributed by atoms with Crippen molar-refractivity contribution in [3.05, 3.63) is 72.5 Å². The second-order valence-corrected chi connectivity index (χ2v) is 8.11. The van der Waals surface area contributed by atoms with Gasteiger partial charge in [0.1, 0.15) is 17.1 Å². The van der Waals surface area contributed by atoms with Crippen LogP contribution in [-0.4, -0.2) is 36.2 Å². The van der Waals surface area contributed by atoms with Gasteiger partial charge < -0.3 is 23.8 Å². The van der Waals surface area contributed by atoms with Crippen LogP contribution in [-0.2, 0) is 11.3 Å². The van der Waals surface area contributed by atoms with Gasteiger partial charge in [0.15, 0.2) is 0 Å². The van der Waals surface area contributed by atoms with Crippen LogP contribution < -0.4 is 14.8 Å². The molecule has 0 radical (unpaired) electrons. The first-order valence-electron chi connectivity index (χ1n) is 11.2. The first-order valence-corrected chi connectivity index (χ1v) is 11.2. The highest BCUT2D eigenvalue weighted by molar-refractivity contribution is 6.01. The molecule has 0 saturated heterocycles. The van der Waals surface area contributed by atoms with E-state index in [0.717, 1.165) is 57.5 Å². The van der Waals surface area contributed by atoms with Gasteiger partial charge in [0.2, 0.25) is 5.91 Å².